The molecule has 5 aromatic rings. The third-order valence-corrected chi connectivity index (χ3v) is 6.89. The molecular formula is C27H21N3O2S. The number of aromatic nitrogens is 2. The van der Waals surface area contributed by atoms with Gasteiger partial charge in [0, 0.05) is 11.4 Å². The Kier molecular flexibility index (Phi) is 5.13. The molecule has 0 atom stereocenters. The minimum Gasteiger partial charge on any atom is -0.462 e. The van der Waals surface area contributed by atoms with Crippen LogP contribution in [0, 0.1) is 0 Å². The first-order valence-corrected chi connectivity index (χ1v) is 11.6. The summed E-state index contributed by atoms with van der Waals surface area (Å²) in [6.45, 7) is 1.54. The highest BCUT2D eigenvalue weighted by atomic mass is 32.1. The fraction of sp³-hybridized carbons (Fsp3) is 0.111. The lowest BCUT2D eigenvalue weighted by molar-refractivity contribution is 0.0797. The summed E-state index contributed by atoms with van der Waals surface area (Å²) in [5, 5.41) is 2.47. The van der Waals surface area contributed by atoms with Gasteiger partial charge in [0.2, 0.25) is 6.79 Å². The van der Waals surface area contributed by atoms with E-state index in [1.165, 1.54) is 26.8 Å². The molecule has 1 aliphatic rings. The van der Waals surface area contributed by atoms with Gasteiger partial charge in [0.05, 0.1) is 16.8 Å². The quantitative estimate of drug-likeness (QED) is 0.300. The van der Waals surface area contributed by atoms with Crippen LogP contribution in [0.1, 0.15) is 5.56 Å². The Balaban J connectivity index is 1.42. The first kappa shape index (κ1) is 19.8. The molecule has 0 bridgehead atoms. The molecule has 33 heavy (non-hydrogen) atoms. The molecule has 6 rings (SSSR count). The predicted molar refractivity (Wildman–Crippen MR) is 133 cm³/mol. The maximum absolute atomic E-state index is 5.63. The molecule has 3 heterocycles. The smallest absolute Gasteiger partial charge is 0.229 e. The second-order valence-electron chi connectivity index (χ2n) is 7.94. The molecule has 162 valence electrons. The van der Waals surface area contributed by atoms with Gasteiger partial charge >= 0.3 is 0 Å². The van der Waals surface area contributed by atoms with E-state index >= 15 is 0 Å². The Morgan fingerprint density at radius 2 is 1.70 bits per heavy atom. The number of nitrogens with zero attached hydrogens (tertiary/aromatic N) is 3. The van der Waals surface area contributed by atoms with Crippen LogP contribution in [-0.4, -0.2) is 23.3 Å². The van der Waals surface area contributed by atoms with Crippen molar-refractivity contribution >= 4 is 38.1 Å². The zero-order valence-electron chi connectivity index (χ0n) is 17.8. The van der Waals surface area contributed by atoms with Crippen molar-refractivity contribution in [1.29, 1.82) is 0 Å². The lowest BCUT2D eigenvalue weighted by Crippen LogP contribution is -2.26. The van der Waals surface area contributed by atoms with E-state index in [-0.39, 0.29) is 6.79 Å². The van der Waals surface area contributed by atoms with Gasteiger partial charge in [0.15, 0.2) is 11.6 Å². The monoisotopic (exact) mass is 451 g/mol. The van der Waals surface area contributed by atoms with Crippen LogP contribution < -0.4 is 4.90 Å². The zero-order valence-corrected chi connectivity index (χ0v) is 18.7. The topological polar surface area (TPSA) is 47.5 Å². The highest BCUT2D eigenvalue weighted by Crippen LogP contribution is 2.38. The number of hydrogen-bond acceptors (Lipinski definition) is 6. The van der Waals surface area contributed by atoms with E-state index in [4.69, 9.17) is 14.5 Å². The molecule has 2 aromatic heterocycles. The molecule has 0 aliphatic carbocycles. The van der Waals surface area contributed by atoms with Gasteiger partial charge in [-0.05, 0) is 34.0 Å². The van der Waals surface area contributed by atoms with E-state index in [0.717, 1.165) is 21.8 Å². The number of ether oxygens (including phenoxy) is 2. The van der Waals surface area contributed by atoms with E-state index in [2.05, 4.69) is 82.7 Å². The summed E-state index contributed by atoms with van der Waals surface area (Å²) in [5.74, 6) is 1.70. The van der Waals surface area contributed by atoms with E-state index in [9.17, 15) is 0 Å². The molecule has 0 saturated heterocycles. The second kappa shape index (κ2) is 8.56. The van der Waals surface area contributed by atoms with E-state index < -0.39 is 0 Å². The number of thiophene rings is 1. The normalized spacial score (nSPS) is 13.0. The summed E-state index contributed by atoms with van der Waals surface area (Å²) < 4.78 is 12.0. The molecule has 0 fully saturated rings. The van der Waals surface area contributed by atoms with Crippen LogP contribution in [0.25, 0.3) is 31.4 Å². The Hall–Kier alpha value is -3.90. The Morgan fingerprint density at radius 3 is 2.55 bits per heavy atom. The van der Waals surface area contributed by atoms with Crippen LogP contribution in [0.5, 0.6) is 0 Å². The van der Waals surface area contributed by atoms with Crippen molar-refractivity contribution in [3.8, 4) is 10.4 Å². The number of fused-ring (bicyclic) bond motifs is 2. The highest BCUT2D eigenvalue weighted by molar-refractivity contribution is 7.22. The van der Waals surface area contributed by atoms with E-state index in [1.807, 2.05) is 6.07 Å². The molecule has 0 N–H and O–H groups in total. The van der Waals surface area contributed by atoms with Crippen molar-refractivity contribution in [2.75, 3.05) is 18.2 Å². The summed E-state index contributed by atoms with van der Waals surface area (Å²) in [7, 11) is 0. The van der Waals surface area contributed by atoms with Crippen molar-refractivity contribution in [1.82, 2.24) is 9.97 Å². The van der Waals surface area contributed by atoms with Crippen molar-refractivity contribution in [2.45, 2.75) is 6.54 Å². The Bertz CT molecular complexity index is 1460. The average molecular weight is 452 g/mol. The first-order chi connectivity index (χ1) is 16.3. The summed E-state index contributed by atoms with van der Waals surface area (Å²) in [4.78, 5) is 12.7. The van der Waals surface area contributed by atoms with Crippen molar-refractivity contribution in [3.63, 3.8) is 0 Å². The SMILES string of the molecule is C1=C(CN(Cc2ccccc2)c2ncnc3cc(-c4ccc5ccccc5c4)sc23)OCO1. The standard InChI is InChI=1S/C27H21N3O2S/c1-2-6-19(7-3-1)14-30(15-23-16-31-18-32-23)27-26-24(28-17-29-27)13-25(33-26)22-11-10-20-8-4-5-9-21(20)12-22/h1-13,16-17H,14-15,18H2. The van der Waals surface area contributed by atoms with Crippen LogP contribution in [0.3, 0.4) is 0 Å². The number of rotatable bonds is 6. The Labute approximate surface area is 195 Å². The maximum Gasteiger partial charge on any atom is 0.229 e. The van der Waals surface area contributed by atoms with E-state index in [1.54, 1.807) is 23.9 Å². The number of anilines is 1. The second-order valence-corrected chi connectivity index (χ2v) is 8.99. The summed E-state index contributed by atoms with van der Waals surface area (Å²) in [6, 6.07) is 27.6. The minimum atomic E-state index is 0.263. The van der Waals surface area contributed by atoms with Gasteiger partial charge in [-0.15, -0.1) is 11.3 Å². The van der Waals surface area contributed by atoms with Crippen molar-refractivity contribution in [2.24, 2.45) is 0 Å². The number of benzene rings is 3. The lowest BCUT2D eigenvalue weighted by atomic mass is 10.1. The van der Waals surface area contributed by atoms with Gasteiger partial charge in [-0.25, -0.2) is 9.97 Å². The van der Waals surface area contributed by atoms with Crippen molar-refractivity contribution in [3.05, 3.63) is 103 Å². The van der Waals surface area contributed by atoms with Crippen LogP contribution in [0.2, 0.25) is 0 Å². The summed E-state index contributed by atoms with van der Waals surface area (Å²) in [6.07, 6.45) is 3.33. The van der Waals surface area contributed by atoms with Crippen LogP contribution >= 0.6 is 11.3 Å². The average Bonchev–Trinajstić information content (AvgIpc) is 3.54. The predicted octanol–water partition coefficient (Wildman–Crippen LogP) is 6.36. The third kappa shape index (κ3) is 4.01. The third-order valence-electron chi connectivity index (χ3n) is 5.72. The lowest BCUT2D eigenvalue weighted by Gasteiger charge is -2.24. The largest absolute Gasteiger partial charge is 0.462 e. The maximum atomic E-state index is 5.63. The van der Waals surface area contributed by atoms with Gasteiger partial charge in [0.1, 0.15) is 12.6 Å². The van der Waals surface area contributed by atoms with Gasteiger partial charge in [-0.2, -0.15) is 0 Å². The molecule has 5 nitrogen and oxygen atoms in total. The van der Waals surface area contributed by atoms with Crippen LogP contribution in [-0.2, 0) is 16.0 Å². The van der Waals surface area contributed by atoms with E-state index in [0.29, 0.717) is 13.1 Å². The summed E-state index contributed by atoms with van der Waals surface area (Å²) in [5.41, 5.74) is 3.34. The first-order valence-electron chi connectivity index (χ1n) is 10.8. The van der Waals surface area contributed by atoms with Gasteiger partial charge < -0.3 is 14.4 Å². The molecule has 0 saturated carbocycles. The summed E-state index contributed by atoms with van der Waals surface area (Å²) >= 11 is 1.72. The highest BCUT2D eigenvalue weighted by Gasteiger charge is 2.20. The van der Waals surface area contributed by atoms with Gasteiger partial charge in [-0.1, -0.05) is 66.7 Å². The number of hydrogen-bond donors (Lipinski definition) is 0. The van der Waals surface area contributed by atoms with Gasteiger partial charge in [0.25, 0.3) is 0 Å². The zero-order chi connectivity index (χ0) is 22.0. The van der Waals surface area contributed by atoms with Crippen molar-refractivity contribution < 1.29 is 9.47 Å². The molecule has 0 unspecified atom stereocenters. The molecule has 0 amide bonds. The molecule has 0 radical (unpaired) electrons. The van der Waals surface area contributed by atoms with Crippen LogP contribution in [0.15, 0.2) is 97.2 Å². The Morgan fingerprint density at radius 1 is 0.848 bits per heavy atom. The molecular weight excluding hydrogens is 430 g/mol. The molecule has 6 heteroatoms. The minimum absolute atomic E-state index is 0.263. The molecule has 3 aromatic carbocycles. The van der Waals surface area contributed by atoms with Crippen LogP contribution in [0.4, 0.5) is 5.82 Å². The molecule has 0 spiro atoms. The fourth-order valence-corrected chi connectivity index (χ4v) is 5.23. The molecule has 1 aliphatic heterocycles. The fourth-order valence-electron chi connectivity index (χ4n) is 4.10. The van der Waals surface area contributed by atoms with Gasteiger partial charge in [-0.3, -0.25) is 0 Å².